The molecule has 0 aliphatic carbocycles. The third kappa shape index (κ3) is 6.48. The smallest absolute Gasteiger partial charge is 0.336 e. The minimum absolute atomic E-state index is 0.0817. The number of hydrogen-bond donors (Lipinski definition) is 2. The molecule has 0 saturated heterocycles. The van der Waals surface area contributed by atoms with Crippen LogP contribution >= 0.6 is 15.9 Å². The van der Waals surface area contributed by atoms with Gasteiger partial charge in [-0.1, -0.05) is 40.2 Å². The summed E-state index contributed by atoms with van der Waals surface area (Å²) in [5.41, 5.74) is -0.625. The van der Waals surface area contributed by atoms with Crippen molar-refractivity contribution in [3.05, 3.63) is 88.9 Å². The maximum absolute atomic E-state index is 13.2. The summed E-state index contributed by atoms with van der Waals surface area (Å²) >= 11 is 3.29. The van der Waals surface area contributed by atoms with Crippen molar-refractivity contribution in [3.8, 4) is 0 Å². The highest BCUT2D eigenvalue weighted by molar-refractivity contribution is 9.10. The van der Waals surface area contributed by atoms with E-state index in [4.69, 9.17) is 0 Å². The first kappa shape index (κ1) is 24.6. The van der Waals surface area contributed by atoms with Crippen LogP contribution in [0.1, 0.15) is 5.56 Å². The monoisotopic (exact) mass is 541 g/mol. The van der Waals surface area contributed by atoms with Gasteiger partial charge in [0, 0.05) is 16.7 Å². The van der Waals surface area contributed by atoms with Crippen LogP contribution in [0.3, 0.4) is 0 Å². The van der Waals surface area contributed by atoms with E-state index in [1.807, 2.05) is 0 Å². The highest BCUT2D eigenvalue weighted by Gasteiger charge is 2.32. The number of nitrogens with one attached hydrogen (secondary N) is 2. The Labute approximate surface area is 197 Å². The average Bonchev–Trinajstić information content (AvgIpc) is 2.78. The number of carbonyl (C=O) groups is 1. The summed E-state index contributed by atoms with van der Waals surface area (Å²) in [6, 6.07) is 17.6. The number of benzene rings is 3. The van der Waals surface area contributed by atoms with Crippen molar-refractivity contribution in [3.63, 3.8) is 0 Å². The number of nitrogens with zero attached hydrogens (tertiary/aromatic N) is 1. The van der Waals surface area contributed by atoms with Crippen molar-refractivity contribution in [1.29, 1.82) is 0 Å². The SMILES string of the molecule is O=C(NCCN(c1cccc(C(F)(F)F)c1)S(=O)(=O)c1ccccc1)Nc1ccc(Br)cc1. The van der Waals surface area contributed by atoms with Gasteiger partial charge in [-0.3, -0.25) is 4.31 Å². The topological polar surface area (TPSA) is 78.5 Å². The van der Waals surface area contributed by atoms with E-state index in [0.717, 1.165) is 27.0 Å². The van der Waals surface area contributed by atoms with E-state index in [1.165, 1.54) is 30.3 Å². The minimum atomic E-state index is -4.64. The lowest BCUT2D eigenvalue weighted by Crippen LogP contribution is -2.40. The van der Waals surface area contributed by atoms with E-state index in [0.29, 0.717) is 5.69 Å². The summed E-state index contributed by atoms with van der Waals surface area (Å²) in [5.74, 6) is 0. The number of sulfonamides is 1. The van der Waals surface area contributed by atoms with Crippen molar-refractivity contribution >= 4 is 43.4 Å². The summed E-state index contributed by atoms with van der Waals surface area (Å²) < 4.78 is 67.7. The molecule has 3 rings (SSSR count). The van der Waals surface area contributed by atoms with Gasteiger partial charge in [-0.05, 0) is 54.6 Å². The summed E-state index contributed by atoms with van der Waals surface area (Å²) in [4.78, 5) is 12.1. The van der Waals surface area contributed by atoms with Crippen LogP contribution < -0.4 is 14.9 Å². The third-order valence-corrected chi connectivity index (χ3v) is 6.87. The zero-order valence-electron chi connectivity index (χ0n) is 17.0. The first-order chi connectivity index (χ1) is 15.6. The van der Waals surface area contributed by atoms with Crippen LogP contribution in [0.2, 0.25) is 0 Å². The Morgan fingerprint density at radius 3 is 2.24 bits per heavy atom. The Balaban J connectivity index is 1.81. The fourth-order valence-corrected chi connectivity index (χ4v) is 4.67. The van der Waals surface area contributed by atoms with Gasteiger partial charge in [0.25, 0.3) is 10.0 Å². The summed E-state index contributed by atoms with van der Waals surface area (Å²) in [5, 5.41) is 5.12. The molecule has 0 atom stereocenters. The number of alkyl halides is 3. The quantitative estimate of drug-likeness (QED) is 0.415. The first-order valence-corrected chi connectivity index (χ1v) is 11.9. The zero-order valence-corrected chi connectivity index (χ0v) is 19.4. The molecule has 0 fully saturated rings. The lowest BCUT2D eigenvalue weighted by molar-refractivity contribution is -0.137. The molecular weight excluding hydrogens is 523 g/mol. The van der Waals surface area contributed by atoms with Crippen LogP contribution in [-0.4, -0.2) is 27.5 Å². The minimum Gasteiger partial charge on any atom is -0.336 e. The van der Waals surface area contributed by atoms with Gasteiger partial charge in [-0.2, -0.15) is 13.2 Å². The number of urea groups is 1. The molecule has 0 bridgehead atoms. The maximum atomic E-state index is 13.2. The van der Waals surface area contributed by atoms with Crippen molar-refractivity contribution < 1.29 is 26.4 Å². The second-order valence-electron chi connectivity index (χ2n) is 6.83. The molecule has 0 aromatic heterocycles. The first-order valence-electron chi connectivity index (χ1n) is 9.63. The van der Waals surface area contributed by atoms with E-state index in [-0.39, 0.29) is 23.7 Å². The second kappa shape index (κ2) is 10.3. The van der Waals surface area contributed by atoms with Gasteiger partial charge in [0.1, 0.15) is 0 Å². The Hall–Kier alpha value is -3.05. The van der Waals surface area contributed by atoms with E-state index in [9.17, 15) is 26.4 Å². The van der Waals surface area contributed by atoms with Crippen molar-refractivity contribution in [2.75, 3.05) is 22.7 Å². The van der Waals surface area contributed by atoms with E-state index in [2.05, 4.69) is 26.6 Å². The molecule has 174 valence electrons. The number of halogens is 4. The van der Waals surface area contributed by atoms with Crippen LogP contribution in [-0.2, 0) is 16.2 Å². The predicted octanol–water partition coefficient (Wildman–Crippen LogP) is 5.48. The lowest BCUT2D eigenvalue weighted by Gasteiger charge is -2.25. The summed E-state index contributed by atoms with van der Waals surface area (Å²) in [7, 11) is -4.19. The molecule has 6 nitrogen and oxygen atoms in total. The largest absolute Gasteiger partial charge is 0.416 e. The van der Waals surface area contributed by atoms with Gasteiger partial charge < -0.3 is 10.6 Å². The average molecular weight is 542 g/mol. The lowest BCUT2D eigenvalue weighted by atomic mass is 10.2. The van der Waals surface area contributed by atoms with Gasteiger partial charge in [-0.15, -0.1) is 0 Å². The Morgan fingerprint density at radius 1 is 0.939 bits per heavy atom. The molecule has 0 heterocycles. The van der Waals surface area contributed by atoms with Crippen molar-refractivity contribution in [1.82, 2.24) is 5.32 Å². The van der Waals surface area contributed by atoms with Crippen LogP contribution in [0.4, 0.5) is 29.3 Å². The molecular formula is C22H19BrF3N3O3S. The molecule has 0 radical (unpaired) electrons. The van der Waals surface area contributed by atoms with E-state index >= 15 is 0 Å². The number of rotatable bonds is 7. The van der Waals surface area contributed by atoms with Crippen LogP contribution in [0, 0.1) is 0 Å². The highest BCUT2D eigenvalue weighted by Crippen LogP contribution is 2.33. The maximum Gasteiger partial charge on any atom is 0.416 e. The number of hydrogen-bond acceptors (Lipinski definition) is 3. The third-order valence-electron chi connectivity index (χ3n) is 4.50. The Morgan fingerprint density at radius 2 is 1.61 bits per heavy atom. The van der Waals surface area contributed by atoms with Crippen LogP contribution in [0.25, 0.3) is 0 Å². The van der Waals surface area contributed by atoms with Crippen molar-refractivity contribution in [2.24, 2.45) is 0 Å². The summed E-state index contributed by atoms with van der Waals surface area (Å²) in [6.07, 6.45) is -4.64. The van der Waals surface area contributed by atoms with Gasteiger partial charge in [0.2, 0.25) is 0 Å². The van der Waals surface area contributed by atoms with Gasteiger partial charge in [0.15, 0.2) is 0 Å². The fraction of sp³-hybridized carbons (Fsp3) is 0.136. The summed E-state index contributed by atoms with van der Waals surface area (Å²) in [6.45, 7) is -0.434. The van der Waals surface area contributed by atoms with Gasteiger partial charge >= 0.3 is 12.2 Å². The highest BCUT2D eigenvalue weighted by atomic mass is 79.9. The number of amides is 2. The van der Waals surface area contributed by atoms with E-state index in [1.54, 1.807) is 30.3 Å². The molecule has 2 N–H and O–H groups in total. The molecule has 11 heteroatoms. The molecule has 0 unspecified atom stereocenters. The van der Waals surface area contributed by atoms with E-state index < -0.39 is 27.8 Å². The van der Waals surface area contributed by atoms with Gasteiger partial charge in [0.05, 0.1) is 22.7 Å². The predicted molar refractivity (Wildman–Crippen MR) is 124 cm³/mol. The molecule has 3 aromatic rings. The fourth-order valence-electron chi connectivity index (χ4n) is 2.92. The molecule has 2 amide bonds. The van der Waals surface area contributed by atoms with Crippen molar-refractivity contribution in [2.45, 2.75) is 11.1 Å². The van der Waals surface area contributed by atoms with Gasteiger partial charge in [-0.25, -0.2) is 13.2 Å². The van der Waals surface area contributed by atoms with Crippen LogP contribution in [0.5, 0.6) is 0 Å². The van der Waals surface area contributed by atoms with Crippen LogP contribution in [0.15, 0.2) is 88.2 Å². The molecule has 33 heavy (non-hydrogen) atoms. The molecule has 3 aromatic carbocycles. The molecule has 0 aliphatic rings. The normalized spacial score (nSPS) is 11.6. The molecule has 0 spiro atoms. The Kier molecular flexibility index (Phi) is 7.65. The second-order valence-corrected chi connectivity index (χ2v) is 9.60. The standard InChI is InChI=1S/C22H19BrF3N3O3S/c23-17-9-11-18(12-10-17)28-21(30)27-13-14-29(33(31,32)20-7-2-1-3-8-20)19-6-4-5-16(15-19)22(24,25)26/h1-12,15H,13-14H2,(H2,27,28,30). The number of anilines is 2. The Bertz CT molecular complexity index is 1200. The number of carbonyl (C=O) groups excluding carboxylic acids is 1. The molecule has 0 saturated carbocycles. The zero-order chi connectivity index (χ0) is 24.1. The molecule has 0 aliphatic heterocycles.